The maximum absolute atomic E-state index is 12.4. The van der Waals surface area contributed by atoms with Crippen LogP contribution in [0.25, 0.3) is 0 Å². The minimum Gasteiger partial charge on any atom is -0.295 e. The number of carbonyl (C=O) groups excluding carboxylic acids is 1. The Hall–Kier alpha value is -1.19. The highest BCUT2D eigenvalue weighted by Crippen LogP contribution is 2.02. The van der Waals surface area contributed by atoms with Gasteiger partial charge in [-0.25, -0.2) is 4.39 Å². The Morgan fingerprint density at radius 1 is 1.64 bits per heavy atom. The Labute approximate surface area is 64.9 Å². The van der Waals surface area contributed by atoms with Crippen LogP contribution in [0.5, 0.6) is 0 Å². The molecule has 1 heterocycles. The van der Waals surface area contributed by atoms with Gasteiger partial charge in [-0.2, -0.15) is 0 Å². The number of hydrogen-bond donors (Lipinski definition) is 0. The molecule has 0 amide bonds. The summed E-state index contributed by atoms with van der Waals surface area (Å²) in [4.78, 5) is 14.5. The van der Waals surface area contributed by atoms with E-state index >= 15 is 0 Å². The van der Waals surface area contributed by atoms with E-state index in [0.717, 1.165) is 6.20 Å². The summed E-state index contributed by atoms with van der Waals surface area (Å²) in [6.45, 7) is 0. The van der Waals surface area contributed by atoms with Crippen LogP contribution in [0.15, 0.2) is 18.5 Å². The lowest BCUT2D eigenvalue weighted by Gasteiger charge is -1.94. The molecule has 0 aromatic carbocycles. The predicted molar refractivity (Wildman–Crippen MR) is 41.9 cm³/mol. The molecule has 0 radical (unpaired) electrons. The van der Waals surface area contributed by atoms with E-state index in [1.165, 1.54) is 12.3 Å². The molecular formula is C7H7BFNO. The molecule has 1 aromatic heterocycles. The van der Waals surface area contributed by atoms with Crippen molar-refractivity contribution in [1.29, 1.82) is 0 Å². The maximum atomic E-state index is 12.4. The lowest BCUT2D eigenvalue weighted by Crippen LogP contribution is -1.98. The molecule has 56 valence electrons. The summed E-state index contributed by atoms with van der Waals surface area (Å²) in [6, 6.07) is 1.19. The molecule has 0 N–H and O–H groups in total. The van der Waals surface area contributed by atoms with Crippen LogP contribution < -0.4 is 0 Å². The average Bonchev–Trinajstić information content (AvgIpc) is 2.03. The van der Waals surface area contributed by atoms with Crippen LogP contribution in [-0.4, -0.2) is 18.6 Å². The highest BCUT2D eigenvalue weighted by atomic mass is 19.1. The monoisotopic (exact) mass is 151 g/mol. The molecule has 0 aliphatic heterocycles. The number of carbonyl (C=O) groups is 1. The molecule has 1 aromatic rings. The fraction of sp³-hybridized carbons (Fsp3) is 0.143. The first-order chi connectivity index (χ1) is 5.24. The van der Waals surface area contributed by atoms with Crippen molar-refractivity contribution in [3.05, 3.63) is 29.8 Å². The normalized spacial score (nSPS) is 9.55. The Balaban J connectivity index is 2.96. The minimum absolute atomic E-state index is 0.0861. The van der Waals surface area contributed by atoms with Gasteiger partial charge in [0, 0.05) is 11.8 Å². The maximum Gasteiger partial charge on any atom is 0.156 e. The Bertz CT molecular complexity index is 277. The fourth-order valence-corrected chi connectivity index (χ4v) is 0.768. The zero-order chi connectivity index (χ0) is 8.27. The number of nitrogens with zero attached hydrogens (tertiary/aromatic N) is 1. The summed E-state index contributed by atoms with van der Waals surface area (Å²) in [5, 5.41) is 0. The van der Waals surface area contributed by atoms with Crippen LogP contribution >= 0.6 is 0 Å². The molecule has 4 heteroatoms. The van der Waals surface area contributed by atoms with Crippen molar-refractivity contribution in [3.8, 4) is 0 Å². The highest BCUT2D eigenvalue weighted by molar-refractivity contribution is 6.23. The molecule has 0 bridgehead atoms. The summed E-state index contributed by atoms with van der Waals surface area (Å²) < 4.78 is 12.4. The van der Waals surface area contributed by atoms with Gasteiger partial charge in [0.2, 0.25) is 0 Å². The molecule has 0 unspecified atom stereocenters. The van der Waals surface area contributed by atoms with Crippen molar-refractivity contribution in [3.63, 3.8) is 0 Å². The average molecular weight is 151 g/mol. The van der Waals surface area contributed by atoms with Gasteiger partial charge < -0.3 is 0 Å². The van der Waals surface area contributed by atoms with Gasteiger partial charge in [-0.05, 0) is 12.4 Å². The van der Waals surface area contributed by atoms with Gasteiger partial charge in [0.25, 0.3) is 0 Å². The molecule has 0 saturated heterocycles. The lowest BCUT2D eigenvalue weighted by molar-refractivity contribution is 0.101. The van der Waals surface area contributed by atoms with E-state index in [4.69, 9.17) is 0 Å². The van der Waals surface area contributed by atoms with E-state index in [1.54, 1.807) is 7.85 Å². The summed E-state index contributed by atoms with van der Waals surface area (Å²) in [5.74, 6) is -0.554. The number of rotatable bonds is 2. The Kier molecular flexibility index (Phi) is 2.36. The number of pyridine rings is 1. The summed E-state index contributed by atoms with van der Waals surface area (Å²) >= 11 is 0. The van der Waals surface area contributed by atoms with E-state index in [-0.39, 0.29) is 5.78 Å². The number of aromatic nitrogens is 1. The zero-order valence-electron chi connectivity index (χ0n) is 6.17. The molecule has 1 rings (SSSR count). The van der Waals surface area contributed by atoms with Gasteiger partial charge in [-0.15, -0.1) is 0 Å². The third kappa shape index (κ3) is 1.87. The van der Waals surface area contributed by atoms with Crippen molar-refractivity contribution >= 4 is 13.6 Å². The van der Waals surface area contributed by atoms with Gasteiger partial charge in [-0.1, -0.05) is 0 Å². The predicted octanol–water partition coefficient (Wildman–Crippen LogP) is 0.455. The van der Waals surface area contributed by atoms with Crippen LogP contribution in [0.2, 0.25) is 6.32 Å². The zero-order valence-corrected chi connectivity index (χ0v) is 6.17. The van der Waals surface area contributed by atoms with Crippen LogP contribution in [-0.2, 0) is 0 Å². The second kappa shape index (κ2) is 3.28. The van der Waals surface area contributed by atoms with Crippen molar-refractivity contribution < 1.29 is 9.18 Å². The number of halogens is 1. The number of Topliss-reactive ketones (excluding diaryl/α,β-unsaturated/α-hetero) is 1. The van der Waals surface area contributed by atoms with E-state index in [1.807, 2.05) is 0 Å². The van der Waals surface area contributed by atoms with E-state index in [0.29, 0.717) is 11.9 Å². The Morgan fingerprint density at radius 2 is 2.36 bits per heavy atom. The summed E-state index contributed by atoms with van der Waals surface area (Å²) in [6.07, 6.45) is 2.83. The van der Waals surface area contributed by atoms with Gasteiger partial charge >= 0.3 is 0 Å². The first kappa shape index (κ1) is 7.92. The quantitative estimate of drug-likeness (QED) is 0.453. The molecule has 0 aliphatic rings. The standard InChI is InChI=1S/C7H7BFNO/c8-2-7(11)5-1-6(9)4-10-3-5/h1,3-4H,2,8H2. The van der Waals surface area contributed by atoms with Crippen molar-refractivity contribution in [2.75, 3.05) is 0 Å². The van der Waals surface area contributed by atoms with E-state index in [2.05, 4.69) is 4.98 Å². The molecule has 0 fully saturated rings. The van der Waals surface area contributed by atoms with Crippen LogP contribution in [0.1, 0.15) is 10.4 Å². The van der Waals surface area contributed by atoms with Crippen LogP contribution in [0, 0.1) is 5.82 Å². The first-order valence-electron chi connectivity index (χ1n) is 3.37. The SMILES string of the molecule is BCC(=O)c1cncc(F)c1. The van der Waals surface area contributed by atoms with Gasteiger partial charge in [-0.3, -0.25) is 9.78 Å². The van der Waals surface area contributed by atoms with Gasteiger partial charge in [0.1, 0.15) is 13.7 Å². The number of ketones is 1. The molecule has 0 spiro atoms. The van der Waals surface area contributed by atoms with Crippen molar-refractivity contribution in [2.24, 2.45) is 0 Å². The van der Waals surface area contributed by atoms with Gasteiger partial charge in [0.15, 0.2) is 5.78 Å². The van der Waals surface area contributed by atoms with E-state index in [9.17, 15) is 9.18 Å². The van der Waals surface area contributed by atoms with Crippen LogP contribution in [0.4, 0.5) is 4.39 Å². The summed E-state index contributed by atoms with van der Waals surface area (Å²) in [5.41, 5.74) is 0.340. The highest BCUT2D eigenvalue weighted by Gasteiger charge is 2.03. The lowest BCUT2D eigenvalue weighted by atomic mass is 9.97. The Morgan fingerprint density at radius 3 is 2.91 bits per heavy atom. The van der Waals surface area contributed by atoms with Crippen molar-refractivity contribution in [1.82, 2.24) is 4.98 Å². The molecule has 0 atom stereocenters. The summed E-state index contributed by atoms with van der Waals surface area (Å²) in [7, 11) is 1.73. The first-order valence-corrected chi connectivity index (χ1v) is 3.37. The molecule has 0 saturated carbocycles. The minimum atomic E-state index is -0.468. The van der Waals surface area contributed by atoms with Gasteiger partial charge in [0.05, 0.1) is 6.20 Å². The molecular weight excluding hydrogens is 144 g/mol. The van der Waals surface area contributed by atoms with Crippen molar-refractivity contribution in [2.45, 2.75) is 6.32 Å². The largest absolute Gasteiger partial charge is 0.295 e. The third-order valence-electron chi connectivity index (χ3n) is 1.35. The smallest absolute Gasteiger partial charge is 0.156 e. The fourth-order valence-electron chi connectivity index (χ4n) is 0.768. The molecule has 0 aliphatic carbocycles. The number of hydrogen-bond acceptors (Lipinski definition) is 2. The third-order valence-corrected chi connectivity index (χ3v) is 1.35. The van der Waals surface area contributed by atoms with Crippen LogP contribution in [0.3, 0.4) is 0 Å². The topological polar surface area (TPSA) is 30.0 Å². The van der Waals surface area contributed by atoms with E-state index < -0.39 is 5.82 Å². The second-order valence-electron chi connectivity index (χ2n) is 2.17. The molecule has 2 nitrogen and oxygen atoms in total. The molecule has 11 heavy (non-hydrogen) atoms. The second-order valence-corrected chi connectivity index (χ2v) is 2.17.